The third-order valence-corrected chi connectivity index (χ3v) is 4.22. The van der Waals surface area contributed by atoms with E-state index in [0.29, 0.717) is 18.0 Å². The van der Waals surface area contributed by atoms with Crippen LogP contribution < -0.4 is 14.8 Å². The Morgan fingerprint density at radius 3 is 2.85 bits per heavy atom. The van der Waals surface area contributed by atoms with Gasteiger partial charge in [0, 0.05) is 30.8 Å². The smallest absolute Gasteiger partial charge is 0.240 e. The first-order chi connectivity index (χ1) is 9.67. The van der Waals surface area contributed by atoms with Gasteiger partial charge in [0.1, 0.15) is 0 Å². The zero-order valence-corrected chi connectivity index (χ0v) is 12.8. The summed E-state index contributed by atoms with van der Waals surface area (Å²) in [7, 11) is 5.03. The van der Waals surface area contributed by atoms with Crippen LogP contribution in [-0.4, -0.2) is 49.7 Å². The molecule has 1 atom stereocenters. The summed E-state index contributed by atoms with van der Waals surface area (Å²) in [5.41, 5.74) is 0.938. The van der Waals surface area contributed by atoms with Gasteiger partial charge in [0.15, 0.2) is 11.5 Å². The molecule has 1 amide bonds. The molecule has 1 aromatic rings. The number of nitrogens with zero attached hydrogens (tertiary/aromatic N) is 1. The van der Waals surface area contributed by atoms with Crippen molar-refractivity contribution in [3.8, 4) is 11.5 Å². The van der Waals surface area contributed by atoms with Crippen LogP contribution in [0.3, 0.4) is 0 Å². The van der Waals surface area contributed by atoms with Crippen molar-refractivity contribution in [2.45, 2.75) is 12.6 Å². The number of hydrogen-bond donors (Lipinski definition) is 1. The lowest BCUT2D eigenvalue weighted by Gasteiger charge is -2.22. The maximum Gasteiger partial charge on any atom is 0.240 e. The van der Waals surface area contributed by atoms with Crippen LogP contribution in [-0.2, 0) is 11.3 Å². The number of ether oxygens (including phenoxy) is 2. The molecule has 0 radical (unpaired) electrons. The van der Waals surface area contributed by atoms with Crippen LogP contribution in [0.4, 0.5) is 0 Å². The highest BCUT2D eigenvalue weighted by molar-refractivity contribution is 7.99. The van der Waals surface area contributed by atoms with E-state index in [9.17, 15) is 4.79 Å². The van der Waals surface area contributed by atoms with E-state index in [2.05, 4.69) is 5.32 Å². The minimum absolute atomic E-state index is 0.0818. The fourth-order valence-electron chi connectivity index (χ4n) is 2.23. The van der Waals surface area contributed by atoms with Crippen molar-refractivity contribution >= 4 is 17.7 Å². The number of carbonyl (C=O) groups excluding carboxylic acids is 1. The molecule has 1 N–H and O–H groups in total. The molecule has 1 heterocycles. The molecule has 0 bridgehead atoms. The van der Waals surface area contributed by atoms with Crippen LogP contribution >= 0.6 is 11.8 Å². The highest BCUT2D eigenvalue weighted by atomic mass is 32.2. The summed E-state index contributed by atoms with van der Waals surface area (Å²) in [5.74, 6) is 3.15. The number of benzene rings is 1. The zero-order chi connectivity index (χ0) is 14.5. The lowest BCUT2D eigenvalue weighted by Crippen LogP contribution is -2.42. The zero-order valence-electron chi connectivity index (χ0n) is 12.0. The molecule has 0 saturated carbocycles. The standard InChI is InChI=1S/C14H20N2O3S/c1-16(14(17)11-8-20-9-15-11)7-10-5-4-6-12(18-2)13(10)19-3/h4-6,11,15H,7-9H2,1-3H3. The summed E-state index contributed by atoms with van der Waals surface area (Å²) in [4.78, 5) is 14.0. The molecule has 20 heavy (non-hydrogen) atoms. The SMILES string of the molecule is COc1cccc(CN(C)C(=O)C2CSCN2)c1OC. The Bertz CT molecular complexity index is 475. The quantitative estimate of drug-likeness (QED) is 0.888. The molecule has 1 aliphatic heterocycles. The number of para-hydroxylation sites is 1. The average molecular weight is 296 g/mol. The molecule has 1 saturated heterocycles. The predicted octanol–water partition coefficient (Wildman–Crippen LogP) is 1.32. The number of likely N-dealkylation sites (N-methyl/N-ethyl adjacent to an activating group) is 1. The van der Waals surface area contributed by atoms with Crippen LogP contribution in [0.15, 0.2) is 18.2 Å². The molecular formula is C14H20N2O3S. The largest absolute Gasteiger partial charge is 0.493 e. The number of amides is 1. The number of rotatable bonds is 5. The molecule has 0 aromatic heterocycles. The average Bonchev–Trinajstić information content (AvgIpc) is 3.00. The van der Waals surface area contributed by atoms with E-state index in [1.807, 2.05) is 25.2 Å². The van der Waals surface area contributed by atoms with E-state index in [1.54, 1.807) is 30.9 Å². The summed E-state index contributed by atoms with van der Waals surface area (Å²) in [5, 5.41) is 3.19. The van der Waals surface area contributed by atoms with Crippen LogP contribution in [0.1, 0.15) is 5.56 Å². The maximum absolute atomic E-state index is 12.3. The molecule has 1 unspecified atom stereocenters. The van der Waals surface area contributed by atoms with E-state index in [4.69, 9.17) is 9.47 Å². The van der Waals surface area contributed by atoms with Crippen LogP contribution in [0.5, 0.6) is 11.5 Å². The second-order valence-corrected chi connectivity index (χ2v) is 5.65. The predicted molar refractivity (Wildman–Crippen MR) is 80.3 cm³/mol. The summed E-state index contributed by atoms with van der Waals surface area (Å²) in [6.07, 6.45) is 0. The number of nitrogens with one attached hydrogen (secondary N) is 1. The van der Waals surface area contributed by atoms with Crippen molar-refractivity contribution < 1.29 is 14.3 Å². The molecule has 0 spiro atoms. The minimum Gasteiger partial charge on any atom is -0.493 e. The molecule has 5 nitrogen and oxygen atoms in total. The van der Waals surface area contributed by atoms with E-state index in [0.717, 1.165) is 17.2 Å². The molecule has 1 aliphatic rings. The van der Waals surface area contributed by atoms with Crippen LogP contribution in [0.2, 0.25) is 0 Å². The minimum atomic E-state index is -0.0818. The molecule has 110 valence electrons. The first kappa shape index (κ1) is 15.0. The van der Waals surface area contributed by atoms with Gasteiger partial charge >= 0.3 is 0 Å². The van der Waals surface area contributed by atoms with Crippen molar-refractivity contribution in [1.82, 2.24) is 10.2 Å². The van der Waals surface area contributed by atoms with Gasteiger partial charge in [-0.25, -0.2) is 0 Å². The van der Waals surface area contributed by atoms with Gasteiger partial charge in [0.25, 0.3) is 0 Å². The molecule has 1 aromatic carbocycles. The Balaban J connectivity index is 2.10. The van der Waals surface area contributed by atoms with Gasteiger partial charge < -0.3 is 14.4 Å². The Morgan fingerprint density at radius 1 is 1.45 bits per heavy atom. The van der Waals surface area contributed by atoms with Crippen LogP contribution in [0, 0.1) is 0 Å². The molecular weight excluding hydrogens is 276 g/mol. The van der Waals surface area contributed by atoms with Gasteiger partial charge in [0.2, 0.25) is 5.91 Å². The molecule has 1 fully saturated rings. The number of thioether (sulfide) groups is 1. The van der Waals surface area contributed by atoms with Gasteiger partial charge in [-0.1, -0.05) is 12.1 Å². The van der Waals surface area contributed by atoms with Gasteiger partial charge in [-0.3, -0.25) is 10.1 Å². The topological polar surface area (TPSA) is 50.8 Å². The van der Waals surface area contributed by atoms with E-state index < -0.39 is 0 Å². The number of carbonyl (C=O) groups is 1. The Labute approximate surface area is 123 Å². The Morgan fingerprint density at radius 2 is 2.25 bits per heavy atom. The number of methoxy groups -OCH3 is 2. The highest BCUT2D eigenvalue weighted by Gasteiger charge is 2.26. The monoisotopic (exact) mass is 296 g/mol. The summed E-state index contributed by atoms with van der Waals surface area (Å²) < 4.78 is 10.7. The summed E-state index contributed by atoms with van der Waals surface area (Å²) in [6.45, 7) is 0.502. The first-order valence-corrected chi connectivity index (χ1v) is 7.58. The van der Waals surface area contributed by atoms with Crippen LogP contribution in [0.25, 0.3) is 0 Å². The van der Waals surface area contributed by atoms with Gasteiger partial charge in [-0.15, -0.1) is 11.8 Å². The lowest BCUT2D eigenvalue weighted by molar-refractivity contribution is -0.131. The van der Waals surface area contributed by atoms with Crippen molar-refractivity contribution in [2.75, 3.05) is 32.9 Å². The maximum atomic E-state index is 12.3. The van der Waals surface area contributed by atoms with Crippen molar-refractivity contribution in [1.29, 1.82) is 0 Å². The third-order valence-electron chi connectivity index (χ3n) is 3.28. The van der Waals surface area contributed by atoms with Gasteiger partial charge in [0.05, 0.1) is 20.3 Å². The van der Waals surface area contributed by atoms with E-state index in [1.165, 1.54) is 0 Å². The van der Waals surface area contributed by atoms with E-state index >= 15 is 0 Å². The fraction of sp³-hybridized carbons (Fsp3) is 0.500. The van der Waals surface area contributed by atoms with Crippen molar-refractivity contribution in [3.05, 3.63) is 23.8 Å². The first-order valence-electron chi connectivity index (χ1n) is 6.43. The lowest BCUT2D eigenvalue weighted by atomic mass is 10.1. The van der Waals surface area contributed by atoms with Gasteiger partial charge in [-0.2, -0.15) is 0 Å². The Kier molecular flexibility index (Phi) is 5.14. The highest BCUT2D eigenvalue weighted by Crippen LogP contribution is 2.31. The normalized spacial score (nSPS) is 17.9. The van der Waals surface area contributed by atoms with E-state index in [-0.39, 0.29) is 11.9 Å². The van der Waals surface area contributed by atoms with Crippen molar-refractivity contribution in [2.24, 2.45) is 0 Å². The van der Waals surface area contributed by atoms with Gasteiger partial charge in [-0.05, 0) is 6.07 Å². The second-order valence-electron chi connectivity index (χ2n) is 4.62. The molecule has 2 rings (SSSR count). The molecule has 0 aliphatic carbocycles. The second kappa shape index (κ2) is 6.85. The number of hydrogen-bond acceptors (Lipinski definition) is 5. The Hall–Kier alpha value is -1.40. The fourth-order valence-corrected chi connectivity index (χ4v) is 3.16. The third kappa shape index (κ3) is 3.19. The summed E-state index contributed by atoms with van der Waals surface area (Å²) >= 11 is 1.74. The van der Waals surface area contributed by atoms with Crippen molar-refractivity contribution in [3.63, 3.8) is 0 Å². The summed E-state index contributed by atoms with van der Waals surface area (Å²) in [6, 6.07) is 5.61. The molecule has 6 heteroatoms.